The van der Waals surface area contributed by atoms with Crippen LogP contribution < -0.4 is 5.32 Å². The molecule has 1 aromatic rings. The van der Waals surface area contributed by atoms with Crippen molar-refractivity contribution in [2.24, 2.45) is 0 Å². The van der Waals surface area contributed by atoms with Crippen molar-refractivity contribution in [1.29, 1.82) is 0 Å². The SMILES string of the molecule is Cc1cccc(C)c1[C@H](C)NC(=O)N(C)CCCO. The van der Waals surface area contributed by atoms with Crippen LogP contribution in [0, 0.1) is 13.8 Å². The Morgan fingerprint density at radius 1 is 1.37 bits per heavy atom. The van der Waals surface area contributed by atoms with E-state index in [-0.39, 0.29) is 18.7 Å². The van der Waals surface area contributed by atoms with Gasteiger partial charge in [-0.3, -0.25) is 0 Å². The van der Waals surface area contributed by atoms with E-state index in [1.54, 1.807) is 11.9 Å². The van der Waals surface area contributed by atoms with Gasteiger partial charge in [-0.05, 0) is 43.9 Å². The number of hydrogen-bond acceptors (Lipinski definition) is 2. The van der Waals surface area contributed by atoms with Crippen LogP contribution in [0.15, 0.2) is 18.2 Å². The predicted molar refractivity (Wildman–Crippen MR) is 77.2 cm³/mol. The fourth-order valence-corrected chi connectivity index (χ4v) is 2.29. The molecule has 1 aromatic carbocycles. The highest BCUT2D eigenvalue weighted by atomic mass is 16.3. The zero-order chi connectivity index (χ0) is 14.4. The molecule has 0 bridgehead atoms. The number of carbonyl (C=O) groups is 1. The van der Waals surface area contributed by atoms with E-state index in [0.29, 0.717) is 13.0 Å². The van der Waals surface area contributed by atoms with Crippen molar-refractivity contribution in [3.05, 3.63) is 34.9 Å². The van der Waals surface area contributed by atoms with Crippen LogP contribution in [0.4, 0.5) is 4.79 Å². The van der Waals surface area contributed by atoms with E-state index in [0.717, 1.165) is 0 Å². The van der Waals surface area contributed by atoms with Crippen LogP contribution in [-0.4, -0.2) is 36.2 Å². The minimum Gasteiger partial charge on any atom is -0.396 e. The Labute approximate surface area is 115 Å². The van der Waals surface area contributed by atoms with Gasteiger partial charge in [0, 0.05) is 20.2 Å². The van der Waals surface area contributed by atoms with Gasteiger partial charge in [0.25, 0.3) is 0 Å². The Kier molecular flexibility index (Phi) is 5.83. The molecule has 0 unspecified atom stereocenters. The Balaban J connectivity index is 2.69. The summed E-state index contributed by atoms with van der Waals surface area (Å²) in [6, 6.07) is 6.01. The third kappa shape index (κ3) is 4.24. The maximum Gasteiger partial charge on any atom is 0.317 e. The normalized spacial score (nSPS) is 12.1. The van der Waals surface area contributed by atoms with E-state index in [1.165, 1.54) is 16.7 Å². The molecular weight excluding hydrogens is 240 g/mol. The molecule has 0 aliphatic rings. The number of urea groups is 1. The number of aryl methyl sites for hydroxylation is 2. The highest BCUT2D eigenvalue weighted by molar-refractivity contribution is 5.74. The van der Waals surface area contributed by atoms with Crippen molar-refractivity contribution < 1.29 is 9.90 Å². The molecule has 0 heterocycles. The van der Waals surface area contributed by atoms with Crippen LogP contribution >= 0.6 is 0 Å². The second-order valence-electron chi connectivity index (χ2n) is 4.98. The molecule has 19 heavy (non-hydrogen) atoms. The number of aliphatic hydroxyl groups excluding tert-OH is 1. The van der Waals surface area contributed by atoms with E-state index >= 15 is 0 Å². The number of amides is 2. The third-order valence-corrected chi connectivity index (χ3v) is 3.31. The number of benzene rings is 1. The van der Waals surface area contributed by atoms with E-state index in [1.807, 2.05) is 13.0 Å². The number of aliphatic hydroxyl groups is 1. The number of carbonyl (C=O) groups excluding carboxylic acids is 1. The summed E-state index contributed by atoms with van der Waals surface area (Å²) in [5, 5.41) is 11.8. The van der Waals surface area contributed by atoms with Crippen molar-refractivity contribution in [2.45, 2.75) is 33.2 Å². The van der Waals surface area contributed by atoms with E-state index in [4.69, 9.17) is 5.11 Å². The number of hydrogen-bond donors (Lipinski definition) is 2. The molecule has 4 heteroatoms. The van der Waals surface area contributed by atoms with Gasteiger partial charge in [0.1, 0.15) is 0 Å². The number of rotatable bonds is 5. The molecule has 1 rings (SSSR count). The van der Waals surface area contributed by atoms with Gasteiger partial charge >= 0.3 is 6.03 Å². The molecular formula is C15H24N2O2. The topological polar surface area (TPSA) is 52.6 Å². The Morgan fingerprint density at radius 3 is 2.47 bits per heavy atom. The largest absolute Gasteiger partial charge is 0.396 e. The third-order valence-electron chi connectivity index (χ3n) is 3.31. The van der Waals surface area contributed by atoms with Crippen molar-refractivity contribution in [3.8, 4) is 0 Å². The summed E-state index contributed by atoms with van der Waals surface area (Å²) in [5.74, 6) is 0. The van der Waals surface area contributed by atoms with Gasteiger partial charge in [-0.15, -0.1) is 0 Å². The van der Waals surface area contributed by atoms with Crippen molar-refractivity contribution in [3.63, 3.8) is 0 Å². The summed E-state index contributed by atoms with van der Waals surface area (Å²) >= 11 is 0. The zero-order valence-electron chi connectivity index (χ0n) is 12.2. The maximum atomic E-state index is 12.0. The molecule has 2 N–H and O–H groups in total. The lowest BCUT2D eigenvalue weighted by atomic mass is 9.97. The first kappa shape index (κ1) is 15.5. The van der Waals surface area contributed by atoms with Crippen molar-refractivity contribution in [1.82, 2.24) is 10.2 Å². The molecule has 106 valence electrons. The van der Waals surface area contributed by atoms with Crippen LogP contribution in [0.25, 0.3) is 0 Å². The average Bonchev–Trinajstić information content (AvgIpc) is 2.35. The Hall–Kier alpha value is -1.55. The molecule has 0 saturated heterocycles. The lowest BCUT2D eigenvalue weighted by Crippen LogP contribution is -2.39. The van der Waals surface area contributed by atoms with Crippen LogP contribution in [0.1, 0.15) is 36.1 Å². The molecule has 0 radical (unpaired) electrons. The van der Waals surface area contributed by atoms with Gasteiger partial charge in [-0.1, -0.05) is 18.2 Å². The average molecular weight is 264 g/mol. The van der Waals surface area contributed by atoms with Crippen LogP contribution in [0.2, 0.25) is 0 Å². The standard InChI is InChI=1S/C15H24N2O2/c1-11-7-5-8-12(2)14(11)13(3)16-15(19)17(4)9-6-10-18/h5,7-8,13,18H,6,9-10H2,1-4H3,(H,16,19)/t13-/m0/s1. The number of nitrogens with one attached hydrogen (secondary N) is 1. The summed E-state index contributed by atoms with van der Waals surface area (Å²) in [6.45, 7) is 6.76. The molecule has 0 fully saturated rings. The van der Waals surface area contributed by atoms with Crippen molar-refractivity contribution in [2.75, 3.05) is 20.2 Å². The summed E-state index contributed by atoms with van der Waals surface area (Å²) in [4.78, 5) is 13.6. The lowest BCUT2D eigenvalue weighted by Gasteiger charge is -2.23. The maximum absolute atomic E-state index is 12.0. The predicted octanol–water partition coefficient (Wildman–Crippen LogP) is 2.39. The van der Waals surface area contributed by atoms with Crippen LogP contribution in [0.3, 0.4) is 0 Å². The monoisotopic (exact) mass is 264 g/mol. The zero-order valence-corrected chi connectivity index (χ0v) is 12.2. The summed E-state index contributed by atoms with van der Waals surface area (Å²) in [5.41, 5.74) is 3.54. The van der Waals surface area contributed by atoms with E-state index < -0.39 is 0 Å². The van der Waals surface area contributed by atoms with Gasteiger partial charge in [0.2, 0.25) is 0 Å². The first-order valence-electron chi connectivity index (χ1n) is 6.66. The van der Waals surface area contributed by atoms with Gasteiger partial charge in [0.05, 0.1) is 6.04 Å². The molecule has 0 spiro atoms. The lowest BCUT2D eigenvalue weighted by molar-refractivity contribution is 0.198. The summed E-state index contributed by atoms with van der Waals surface area (Å²) in [6.07, 6.45) is 0.599. The second-order valence-corrected chi connectivity index (χ2v) is 4.98. The molecule has 0 aliphatic heterocycles. The second kappa shape index (κ2) is 7.14. The molecule has 0 saturated carbocycles. The molecule has 0 aromatic heterocycles. The van der Waals surface area contributed by atoms with E-state index in [2.05, 4.69) is 31.3 Å². The fraction of sp³-hybridized carbons (Fsp3) is 0.533. The quantitative estimate of drug-likeness (QED) is 0.858. The van der Waals surface area contributed by atoms with Gasteiger partial charge in [-0.2, -0.15) is 0 Å². The van der Waals surface area contributed by atoms with Crippen LogP contribution in [0.5, 0.6) is 0 Å². The summed E-state index contributed by atoms with van der Waals surface area (Å²) < 4.78 is 0. The van der Waals surface area contributed by atoms with Gasteiger partial charge in [-0.25, -0.2) is 4.79 Å². The van der Waals surface area contributed by atoms with Crippen molar-refractivity contribution >= 4 is 6.03 Å². The fourth-order valence-electron chi connectivity index (χ4n) is 2.29. The summed E-state index contributed by atoms with van der Waals surface area (Å²) in [7, 11) is 1.74. The molecule has 0 aliphatic carbocycles. The highest BCUT2D eigenvalue weighted by Crippen LogP contribution is 2.21. The Morgan fingerprint density at radius 2 is 1.95 bits per heavy atom. The first-order chi connectivity index (χ1) is 8.97. The van der Waals surface area contributed by atoms with Gasteiger partial charge in [0.15, 0.2) is 0 Å². The minimum atomic E-state index is -0.108. The Bertz CT molecular complexity index is 412. The van der Waals surface area contributed by atoms with Crippen LogP contribution in [-0.2, 0) is 0 Å². The molecule has 1 atom stereocenters. The molecule has 2 amide bonds. The first-order valence-corrected chi connectivity index (χ1v) is 6.66. The van der Waals surface area contributed by atoms with Gasteiger partial charge < -0.3 is 15.3 Å². The van der Waals surface area contributed by atoms with E-state index in [9.17, 15) is 4.79 Å². The number of nitrogens with zero attached hydrogens (tertiary/aromatic N) is 1. The smallest absolute Gasteiger partial charge is 0.317 e. The minimum absolute atomic E-state index is 0.0229. The highest BCUT2D eigenvalue weighted by Gasteiger charge is 2.15. The molecule has 4 nitrogen and oxygen atoms in total.